The Morgan fingerprint density at radius 1 is 0.875 bits per heavy atom. The van der Waals surface area contributed by atoms with Gasteiger partial charge in [0.2, 0.25) is 23.6 Å². The minimum Gasteiger partial charge on any atom is -1.00 e. The van der Waals surface area contributed by atoms with E-state index in [1.807, 2.05) is 53.2 Å². The van der Waals surface area contributed by atoms with Gasteiger partial charge < -0.3 is 26.5 Å². The van der Waals surface area contributed by atoms with Crippen LogP contribution in [0.2, 0.25) is 0 Å². The predicted octanol–water partition coefficient (Wildman–Crippen LogP) is 1.49. The fourth-order valence-electron chi connectivity index (χ4n) is 3.86. The van der Waals surface area contributed by atoms with Gasteiger partial charge in [-0.15, -0.1) is 0 Å². The van der Waals surface area contributed by atoms with Crippen molar-refractivity contribution in [1.82, 2.24) is 0 Å². The molecule has 0 bridgehead atoms. The Labute approximate surface area is 194 Å². The highest BCUT2D eigenvalue weighted by atomic mass is 79.9. The summed E-state index contributed by atoms with van der Waals surface area (Å²) in [5.74, 6) is -0.473. The van der Waals surface area contributed by atoms with Crippen molar-refractivity contribution in [2.45, 2.75) is 6.54 Å². The number of carbonyl (C=O) groups excluding carboxylic acids is 1. The maximum absolute atomic E-state index is 12.9. The third kappa shape index (κ3) is 3.81. The van der Waals surface area contributed by atoms with E-state index in [1.165, 1.54) is 0 Å². The SMILES string of the molecule is O=C(C[n+]1cccc2ccccc21)c1ccc(-c2c(O)c(=O)oc3ccccc23)cc1.[Br-]. The van der Waals surface area contributed by atoms with Gasteiger partial charge in [0.25, 0.3) is 0 Å². The van der Waals surface area contributed by atoms with Crippen LogP contribution in [0.3, 0.4) is 0 Å². The van der Waals surface area contributed by atoms with Crippen LogP contribution in [-0.4, -0.2) is 10.9 Å². The third-order valence-electron chi connectivity index (χ3n) is 5.39. The Balaban J connectivity index is 0.00000245. The Kier molecular flexibility index (Phi) is 5.88. The quantitative estimate of drug-likeness (QED) is 0.237. The molecular weight excluding hydrogens is 470 g/mol. The van der Waals surface area contributed by atoms with Crippen LogP contribution in [0, 0.1) is 0 Å². The average molecular weight is 488 g/mol. The third-order valence-corrected chi connectivity index (χ3v) is 5.39. The number of para-hydroxylation sites is 2. The molecule has 2 heterocycles. The summed E-state index contributed by atoms with van der Waals surface area (Å²) in [7, 11) is 0. The first-order chi connectivity index (χ1) is 15.1. The molecule has 0 unspecified atom stereocenters. The Bertz CT molecular complexity index is 1500. The van der Waals surface area contributed by atoms with Gasteiger partial charge in [0.05, 0.1) is 0 Å². The van der Waals surface area contributed by atoms with Gasteiger partial charge in [0.1, 0.15) is 5.58 Å². The molecular formula is C26H18BrNO4. The van der Waals surface area contributed by atoms with E-state index < -0.39 is 11.4 Å². The highest BCUT2D eigenvalue weighted by molar-refractivity contribution is 5.98. The minimum absolute atomic E-state index is 0. The van der Waals surface area contributed by atoms with Gasteiger partial charge in [-0.3, -0.25) is 4.79 Å². The van der Waals surface area contributed by atoms with E-state index in [0.717, 1.165) is 10.9 Å². The van der Waals surface area contributed by atoms with Crippen molar-refractivity contribution in [3.8, 4) is 16.9 Å². The van der Waals surface area contributed by atoms with E-state index in [2.05, 4.69) is 0 Å². The molecule has 0 radical (unpaired) electrons. The first-order valence-electron chi connectivity index (χ1n) is 9.87. The molecule has 0 atom stereocenters. The number of hydrogen-bond donors (Lipinski definition) is 1. The molecule has 6 heteroatoms. The van der Waals surface area contributed by atoms with Crippen LogP contribution < -0.4 is 27.2 Å². The van der Waals surface area contributed by atoms with E-state index in [4.69, 9.17) is 4.42 Å². The fraction of sp³-hybridized carbons (Fsp3) is 0.0385. The first-order valence-corrected chi connectivity index (χ1v) is 9.87. The number of carbonyl (C=O) groups is 1. The molecule has 0 aliphatic heterocycles. The fourth-order valence-corrected chi connectivity index (χ4v) is 3.86. The topological polar surface area (TPSA) is 71.4 Å². The highest BCUT2D eigenvalue weighted by Gasteiger charge is 2.18. The Hall–Kier alpha value is -3.77. The minimum atomic E-state index is -0.791. The number of pyridine rings is 1. The van der Waals surface area contributed by atoms with Gasteiger partial charge in [0.15, 0.2) is 6.20 Å². The Morgan fingerprint density at radius 2 is 1.56 bits per heavy atom. The van der Waals surface area contributed by atoms with Crippen molar-refractivity contribution in [3.63, 3.8) is 0 Å². The summed E-state index contributed by atoms with van der Waals surface area (Å²) in [6.45, 7) is 0.212. The zero-order chi connectivity index (χ0) is 21.4. The number of benzene rings is 3. The average Bonchev–Trinajstić information content (AvgIpc) is 2.80. The van der Waals surface area contributed by atoms with Gasteiger partial charge in [-0.1, -0.05) is 54.6 Å². The number of hydrogen-bond acceptors (Lipinski definition) is 4. The predicted molar refractivity (Wildman–Crippen MR) is 118 cm³/mol. The molecule has 158 valence electrons. The van der Waals surface area contributed by atoms with Crippen molar-refractivity contribution >= 4 is 27.7 Å². The number of fused-ring (bicyclic) bond motifs is 2. The molecule has 5 nitrogen and oxygen atoms in total. The standard InChI is InChI=1S/C26H17NO4.BrH/c28-22(16-27-15-5-7-17-6-1-3-9-21(17)27)18-11-13-19(14-12-18)24-20-8-2-4-10-23(20)31-26(30)25(24)29;/h1-15H,16H2;1H. The van der Waals surface area contributed by atoms with Gasteiger partial charge >= 0.3 is 5.63 Å². The summed E-state index contributed by atoms with van der Waals surface area (Å²) >= 11 is 0. The number of aromatic hydroxyl groups is 1. The van der Waals surface area contributed by atoms with Crippen molar-refractivity contribution in [1.29, 1.82) is 0 Å². The second-order valence-electron chi connectivity index (χ2n) is 7.30. The molecule has 5 aromatic rings. The summed E-state index contributed by atoms with van der Waals surface area (Å²) in [6, 6.07) is 25.8. The molecule has 32 heavy (non-hydrogen) atoms. The second-order valence-corrected chi connectivity index (χ2v) is 7.30. The molecule has 0 aliphatic rings. The van der Waals surface area contributed by atoms with Crippen LogP contribution in [0.1, 0.15) is 10.4 Å². The lowest BCUT2D eigenvalue weighted by atomic mass is 9.99. The van der Waals surface area contributed by atoms with Gasteiger partial charge in [-0.25, -0.2) is 4.79 Å². The van der Waals surface area contributed by atoms with Crippen LogP contribution >= 0.6 is 0 Å². The molecule has 5 rings (SSSR count). The van der Waals surface area contributed by atoms with Gasteiger partial charge in [0, 0.05) is 34.0 Å². The lowest BCUT2D eigenvalue weighted by Gasteiger charge is -2.08. The zero-order valence-corrected chi connectivity index (χ0v) is 18.5. The van der Waals surface area contributed by atoms with E-state index in [1.54, 1.807) is 42.5 Å². The van der Waals surface area contributed by atoms with Crippen molar-refractivity contribution in [2.24, 2.45) is 0 Å². The van der Waals surface area contributed by atoms with Crippen LogP contribution in [-0.2, 0) is 6.54 Å². The monoisotopic (exact) mass is 487 g/mol. The first kappa shape index (κ1) is 21.5. The summed E-state index contributed by atoms with van der Waals surface area (Å²) in [4.78, 5) is 24.9. The molecule has 0 saturated heterocycles. The summed E-state index contributed by atoms with van der Waals surface area (Å²) in [5, 5.41) is 12.0. The van der Waals surface area contributed by atoms with Crippen molar-refractivity contribution in [2.75, 3.05) is 0 Å². The van der Waals surface area contributed by atoms with Gasteiger partial charge in [-0.05, 0) is 23.8 Å². The van der Waals surface area contributed by atoms with E-state index in [-0.39, 0.29) is 29.3 Å². The summed E-state index contributed by atoms with van der Waals surface area (Å²) in [5.41, 5.74) is 2.18. The number of aromatic nitrogens is 1. The lowest BCUT2D eigenvalue weighted by molar-refractivity contribution is -0.657. The van der Waals surface area contributed by atoms with Crippen LogP contribution in [0.15, 0.2) is 100 Å². The van der Waals surface area contributed by atoms with Crippen LogP contribution in [0.4, 0.5) is 0 Å². The second kappa shape index (κ2) is 8.77. The molecule has 3 aromatic carbocycles. The summed E-state index contributed by atoms with van der Waals surface area (Å²) < 4.78 is 7.08. The maximum Gasteiger partial charge on any atom is 0.379 e. The molecule has 2 aromatic heterocycles. The molecule has 0 fully saturated rings. The van der Waals surface area contributed by atoms with Gasteiger partial charge in [-0.2, -0.15) is 4.57 Å². The van der Waals surface area contributed by atoms with E-state index in [0.29, 0.717) is 27.7 Å². The summed E-state index contributed by atoms with van der Waals surface area (Å²) in [6.07, 6.45) is 1.89. The molecule has 0 amide bonds. The molecule has 0 aliphatic carbocycles. The number of rotatable bonds is 4. The number of Topliss-reactive ketones (excluding diaryl/α,β-unsaturated/α-hetero) is 1. The number of halogens is 1. The molecule has 0 spiro atoms. The molecule has 0 saturated carbocycles. The van der Waals surface area contributed by atoms with Crippen LogP contribution in [0.5, 0.6) is 5.75 Å². The lowest BCUT2D eigenvalue weighted by Crippen LogP contribution is -3.00. The van der Waals surface area contributed by atoms with E-state index >= 15 is 0 Å². The van der Waals surface area contributed by atoms with Crippen molar-refractivity contribution in [3.05, 3.63) is 107 Å². The normalized spacial score (nSPS) is 10.8. The van der Waals surface area contributed by atoms with E-state index in [9.17, 15) is 14.7 Å². The number of ketones is 1. The molecule has 1 N–H and O–H groups in total. The van der Waals surface area contributed by atoms with Crippen molar-refractivity contribution < 1.29 is 35.9 Å². The largest absolute Gasteiger partial charge is 1.00 e. The zero-order valence-electron chi connectivity index (χ0n) is 16.9. The Morgan fingerprint density at radius 3 is 2.38 bits per heavy atom. The maximum atomic E-state index is 12.9. The number of nitrogens with zero attached hydrogens (tertiary/aromatic N) is 1. The van der Waals surface area contributed by atoms with Crippen LogP contribution in [0.25, 0.3) is 33.0 Å². The highest BCUT2D eigenvalue weighted by Crippen LogP contribution is 2.34. The smallest absolute Gasteiger partial charge is 0.379 e.